The fraction of sp³-hybridized carbons (Fsp3) is 1.00. The van der Waals surface area contributed by atoms with Gasteiger partial charge in [0.1, 0.15) is 0 Å². The van der Waals surface area contributed by atoms with Crippen LogP contribution in [0.4, 0.5) is 0 Å². The van der Waals surface area contributed by atoms with Crippen molar-refractivity contribution in [3.05, 3.63) is 0 Å². The van der Waals surface area contributed by atoms with Crippen LogP contribution in [-0.4, -0.2) is 16.6 Å². The Kier molecular flexibility index (Phi) is 3.72. The van der Waals surface area contributed by atoms with E-state index in [2.05, 4.69) is 4.84 Å². The van der Waals surface area contributed by atoms with Gasteiger partial charge in [0.25, 0.3) is 0 Å². The van der Waals surface area contributed by atoms with Gasteiger partial charge in [-0.1, -0.05) is 19.5 Å². The van der Waals surface area contributed by atoms with Crippen LogP contribution in [0.1, 0.15) is 13.8 Å². The summed E-state index contributed by atoms with van der Waals surface area (Å²) in [5, 5.41) is 16.5. The summed E-state index contributed by atoms with van der Waals surface area (Å²) in [6.07, 6.45) is -0.944. The van der Waals surface area contributed by atoms with E-state index in [-0.39, 0.29) is 5.92 Å². The number of aliphatic hydroxyl groups excluding tert-OH is 1. The van der Waals surface area contributed by atoms with Crippen molar-refractivity contribution in [2.75, 3.05) is 0 Å². The predicted molar refractivity (Wildman–Crippen MR) is 26.9 cm³/mol. The molecule has 0 saturated heterocycles. The molecule has 0 bridgehead atoms. The van der Waals surface area contributed by atoms with Gasteiger partial charge in [-0.15, -0.1) is 0 Å². The van der Waals surface area contributed by atoms with Gasteiger partial charge in [-0.25, -0.2) is 4.84 Å². The summed E-state index contributed by atoms with van der Waals surface area (Å²) in [6, 6.07) is 0. The SMILES string of the molecule is CC(C)C(O)ONO. The molecule has 0 aromatic rings. The number of nitrogens with one attached hydrogen (secondary N) is 1. The highest BCUT2D eigenvalue weighted by Crippen LogP contribution is 1.98. The lowest BCUT2D eigenvalue weighted by molar-refractivity contribution is -0.244. The zero-order valence-electron chi connectivity index (χ0n) is 4.96. The Balaban J connectivity index is 3.17. The molecule has 0 aliphatic heterocycles. The summed E-state index contributed by atoms with van der Waals surface area (Å²) in [5.74, 6) is -0.0188. The first-order chi connectivity index (χ1) is 3.68. The molecule has 0 heterocycles. The van der Waals surface area contributed by atoms with Crippen molar-refractivity contribution in [2.45, 2.75) is 20.1 Å². The third kappa shape index (κ3) is 2.92. The third-order valence-electron chi connectivity index (χ3n) is 0.744. The fourth-order valence-corrected chi connectivity index (χ4v) is 0.190. The summed E-state index contributed by atoms with van der Waals surface area (Å²) < 4.78 is 0. The van der Waals surface area contributed by atoms with Gasteiger partial charge in [0.15, 0.2) is 6.29 Å². The van der Waals surface area contributed by atoms with E-state index in [1.807, 2.05) is 0 Å². The molecule has 0 radical (unpaired) electrons. The molecule has 8 heavy (non-hydrogen) atoms. The first kappa shape index (κ1) is 7.84. The Bertz CT molecular complexity index is 57.2. The van der Waals surface area contributed by atoms with Gasteiger partial charge in [0.2, 0.25) is 0 Å². The van der Waals surface area contributed by atoms with E-state index in [1.165, 1.54) is 5.64 Å². The van der Waals surface area contributed by atoms with Gasteiger partial charge in [-0.3, -0.25) is 5.21 Å². The van der Waals surface area contributed by atoms with Crippen molar-refractivity contribution in [3.63, 3.8) is 0 Å². The van der Waals surface area contributed by atoms with Crippen molar-refractivity contribution >= 4 is 0 Å². The number of aliphatic hydroxyl groups is 1. The molecule has 1 unspecified atom stereocenters. The minimum Gasteiger partial charge on any atom is -0.366 e. The second kappa shape index (κ2) is 3.80. The summed E-state index contributed by atoms with van der Waals surface area (Å²) in [7, 11) is 0. The van der Waals surface area contributed by atoms with E-state index in [9.17, 15) is 0 Å². The van der Waals surface area contributed by atoms with Crippen LogP contribution in [0.15, 0.2) is 0 Å². The molecule has 0 aromatic carbocycles. The highest BCUT2D eigenvalue weighted by atomic mass is 16.9. The maximum absolute atomic E-state index is 8.68. The average molecular weight is 121 g/mol. The van der Waals surface area contributed by atoms with E-state index in [0.29, 0.717) is 0 Å². The van der Waals surface area contributed by atoms with Gasteiger partial charge in [0, 0.05) is 5.92 Å². The Morgan fingerprint density at radius 2 is 2.00 bits per heavy atom. The molecule has 0 fully saturated rings. The molecule has 0 aliphatic carbocycles. The monoisotopic (exact) mass is 121 g/mol. The molecular weight excluding hydrogens is 110 g/mol. The molecule has 50 valence electrons. The minimum absolute atomic E-state index is 0.0188. The van der Waals surface area contributed by atoms with Crippen LogP contribution >= 0.6 is 0 Å². The maximum atomic E-state index is 8.68. The highest BCUT2D eigenvalue weighted by molar-refractivity contribution is 4.42. The molecule has 0 aliphatic rings. The summed E-state index contributed by atoms with van der Waals surface area (Å²) in [4.78, 5) is 4.16. The Morgan fingerprint density at radius 1 is 1.50 bits per heavy atom. The van der Waals surface area contributed by atoms with Gasteiger partial charge in [-0.05, 0) is 0 Å². The van der Waals surface area contributed by atoms with Crippen LogP contribution < -0.4 is 5.64 Å². The van der Waals surface area contributed by atoms with Gasteiger partial charge in [0.05, 0.1) is 0 Å². The second-order valence-electron chi connectivity index (χ2n) is 1.84. The topological polar surface area (TPSA) is 61.7 Å². The lowest BCUT2D eigenvalue weighted by Gasteiger charge is -2.11. The van der Waals surface area contributed by atoms with Crippen molar-refractivity contribution in [1.82, 2.24) is 5.64 Å². The Morgan fingerprint density at radius 3 is 2.12 bits per heavy atom. The molecular formula is C4H11NO3. The number of hydrogen-bond donors (Lipinski definition) is 3. The zero-order chi connectivity index (χ0) is 6.57. The Labute approximate surface area is 48.0 Å². The van der Waals surface area contributed by atoms with E-state index >= 15 is 0 Å². The van der Waals surface area contributed by atoms with Crippen LogP contribution in [0.5, 0.6) is 0 Å². The molecule has 1 atom stereocenters. The fourth-order valence-electron chi connectivity index (χ4n) is 0.190. The lowest BCUT2D eigenvalue weighted by Crippen LogP contribution is -2.25. The number of hydrogen-bond acceptors (Lipinski definition) is 4. The van der Waals surface area contributed by atoms with E-state index in [4.69, 9.17) is 10.3 Å². The van der Waals surface area contributed by atoms with Crippen LogP contribution in [0.3, 0.4) is 0 Å². The summed E-state index contributed by atoms with van der Waals surface area (Å²) >= 11 is 0. The minimum atomic E-state index is -0.944. The molecule has 0 amide bonds. The molecule has 0 spiro atoms. The van der Waals surface area contributed by atoms with E-state index in [1.54, 1.807) is 13.8 Å². The van der Waals surface area contributed by atoms with Gasteiger partial charge in [-0.2, -0.15) is 0 Å². The maximum Gasteiger partial charge on any atom is 0.179 e. The highest BCUT2D eigenvalue weighted by Gasteiger charge is 2.07. The van der Waals surface area contributed by atoms with Crippen molar-refractivity contribution in [1.29, 1.82) is 0 Å². The second-order valence-corrected chi connectivity index (χ2v) is 1.84. The van der Waals surface area contributed by atoms with Gasteiger partial charge < -0.3 is 5.11 Å². The smallest absolute Gasteiger partial charge is 0.179 e. The summed E-state index contributed by atoms with van der Waals surface area (Å²) in [5.41, 5.74) is 1.40. The predicted octanol–water partition coefficient (Wildman–Crippen LogP) is -0.129. The third-order valence-corrected chi connectivity index (χ3v) is 0.744. The zero-order valence-corrected chi connectivity index (χ0v) is 4.96. The first-order valence-electron chi connectivity index (χ1n) is 2.41. The Hall–Kier alpha value is -0.160. The first-order valence-corrected chi connectivity index (χ1v) is 2.41. The molecule has 4 nitrogen and oxygen atoms in total. The van der Waals surface area contributed by atoms with Crippen LogP contribution in [0, 0.1) is 5.92 Å². The van der Waals surface area contributed by atoms with E-state index in [0.717, 1.165) is 0 Å². The van der Waals surface area contributed by atoms with Crippen molar-refractivity contribution < 1.29 is 15.2 Å². The van der Waals surface area contributed by atoms with Crippen LogP contribution in [0.25, 0.3) is 0 Å². The molecule has 0 saturated carbocycles. The van der Waals surface area contributed by atoms with Crippen molar-refractivity contribution in [2.24, 2.45) is 5.92 Å². The average Bonchev–Trinajstić information content (AvgIpc) is 1.67. The quantitative estimate of drug-likeness (QED) is 0.359. The standard InChI is InChI=1S/C4H11NO3/c1-3(2)4(6)8-5-7/h3-7H,1-2H3. The van der Waals surface area contributed by atoms with Crippen molar-refractivity contribution in [3.8, 4) is 0 Å². The van der Waals surface area contributed by atoms with Crippen LogP contribution in [-0.2, 0) is 4.84 Å². The van der Waals surface area contributed by atoms with Gasteiger partial charge >= 0.3 is 0 Å². The molecule has 4 heteroatoms. The molecule has 0 rings (SSSR count). The van der Waals surface area contributed by atoms with E-state index < -0.39 is 6.29 Å². The number of rotatable bonds is 3. The molecule has 0 aromatic heterocycles. The largest absolute Gasteiger partial charge is 0.366 e. The molecule has 3 N–H and O–H groups in total. The van der Waals surface area contributed by atoms with Crippen LogP contribution in [0.2, 0.25) is 0 Å². The summed E-state index contributed by atoms with van der Waals surface area (Å²) in [6.45, 7) is 3.53. The lowest BCUT2D eigenvalue weighted by atomic mass is 10.2. The normalized spacial score (nSPS) is 14.6.